The predicted octanol–water partition coefficient (Wildman–Crippen LogP) is 3.91. The maximum atomic E-state index is 5.75. The highest BCUT2D eigenvalue weighted by Crippen LogP contribution is 2.32. The van der Waals surface area contributed by atoms with E-state index in [1.165, 1.54) is 26.5 Å². The third-order valence-corrected chi connectivity index (χ3v) is 4.04. The molecule has 88 valence electrons. The van der Waals surface area contributed by atoms with Crippen LogP contribution in [-0.4, -0.2) is 0 Å². The van der Waals surface area contributed by atoms with Gasteiger partial charge < -0.3 is 5.73 Å². The fourth-order valence-corrected chi connectivity index (χ4v) is 2.83. The highest BCUT2D eigenvalue weighted by atomic mass is 32.2. The first-order valence-corrected chi connectivity index (χ1v) is 6.55. The molecule has 0 saturated carbocycles. The lowest BCUT2D eigenvalue weighted by molar-refractivity contribution is 1.03. The molecule has 0 aromatic heterocycles. The van der Waals surface area contributed by atoms with Gasteiger partial charge in [-0.15, -0.1) is 0 Å². The Labute approximate surface area is 107 Å². The molecule has 0 aliphatic carbocycles. The minimum absolute atomic E-state index is 0.591. The zero-order valence-corrected chi connectivity index (χ0v) is 11.1. The molecule has 0 fully saturated rings. The van der Waals surface area contributed by atoms with Crippen LogP contribution in [0, 0.1) is 13.8 Å². The molecule has 2 aromatic rings. The van der Waals surface area contributed by atoms with Crippen molar-refractivity contribution in [3.8, 4) is 0 Å². The molecular formula is C15H17NS. The van der Waals surface area contributed by atoms with Crippen molar-refractivity contribution in [2.45, 2.75) is 30.2 Å². The topological polar surface area (TPSA) is 26.0 Å². The van der Waals surface area contributed by atoms with E-state index in [9.17, 15) is 0 Å². The summed E-state index contributed by atoms with van der Waals surface area (Å²) in [5, 5.41) is 0. The zero-order valence-electron chi connectivity index (χ0n) is 10.2. The van der Waals surface area contributed by atoms with Crippen LogP contribution in [0.5, 0.6) is 0 Å². The van der Waals surface area contributed by atoms with Crippen molar-refractivity contribution in [1.29, 1.82) is 0 Å². The molecule has 17 heavy (non-hydrogen) atoms. The summed E-state index contributed by atoms with van der Waals surface area (Å²) in [7, 11) is 0. The summed E-state index contributed by atoms with van der Waals surface area (Å²) in [4.78, 5) is 2.55. The van der Waals surface area contributed by atoms with Gasteiger partial charge in [0.2, 0.25) is 0 Å². The van der Waals surface area contributed by atoms with E-state index in [0.29, 0.717) is 6.54 Å². The van der Waals surface area contributed by atoms with E-state index in [2.05, 4.69) is 50.2 Å². The Balaban J connectivity index is 2.31. The fourth-order valence-electron chi connectivity index (χ4n) is 1.80. The highest BCUT2D eigenvalue weighted by Gasteiger charge is 2.04. The van der Waals surface area contributed by atoms with Crippen LogP contribution in [0.1, 0.15) is 16.7 Å². The summed E-state index contributed by atoms with van der Waals surface area (Å²) in [6.45, 7) is 4.86. The van der Waals surface area contributed by atoms with E-state index in [0.717, 1.165) is 0 Å². The number of nitrogens with two attached hydrogens (primary N) is 1. The highest BCUT2D eigenvalue weighted by molar-refractivity contribution is 7.99. The molecule has 0 amide bonds. The van der Waals surface area contributed by atoms with Crippen LogP contribution in [0.25, 0.3) is 0 Å². The first kappa shape index (κ1) is 12.2. The summed E-state index contributed by atoms with van der Waals surface area (Å²) in [6.07, 6.45) is 0. The van der Waals surface area contributed by atoms with Gasteiger partial charge in [0.05, 0.1) is 0 Å². The minimum atomic E-state index is 0.591. The summed E-state index contributed by atoms with van der Waals surface area (Å²) in [5.74, 6) is 0. The van der Waals surface area contributed by atoms with Gasteiger partial charge in [-0.25, -0.2) is 0 Å². The van der Waals surface area contributed by atoms with E-state index >= 15 is 0 Å². The Kier molecular flexibility index (Phi) is 3.87. The van der Waals surface area contributed by atoms with Crippen LogP contribution in [-0.2, 0) is 6.54 Å². The molecule has 0 aliphatic rings. The second-order valence-electron chi connectivity index (χ2n) is 4.18. The Morgan fingerprint density at radius 2 is 1.76 bits per heavy atom. The summed E-state index contributed by atoms with van der Waals surface area (Å²) >= 11 is 1.79. The van der Waals surface area contributed by atoms with Crippen molar-refractivity contribution in [2.24, 2.45) is 5.73 Å². The standard InChI is InChI=1S/C15H17NS/c1-11-7-8-14(12(2)9-11)17-15-6-4-3-5-13(15)10-16/h3-9H,10,16H2,1-2H3. The monoisotopic (exact) mass is 243 g/mol. The van der Waals surface area contributed by atoms with E-state index in [1.807, 2.05) is 6.07 Å². The second-order valence-corrected chi connectivity index (χ2v) is 5.27. The van der Waals surface area contributed by atoms with Crippen molar-refractivity contribution >= 4 is 11.8 Å². The normalized spacial score (nSPS) is 10.5. The SMILES string of the molecule is Cc1ccc(Sc2ccccc2CN)c(C)c1. The lowest BCUT2D eigenvalue weighted by Gasteiger charge is -2.09. The van der Waals surface area contributed by atoms with Crippen molar-refractivity contribution in [3.05, 3.63) is 59.2 Å². The Bertz CT molecular complexity index is 520. The maximum absolute atomic E-state index is 5.75. The molecule has 0 heterocycles. The van der Waals surface area contributed by atoms with E-state index in [4.69, 9.17) is 5.73 Å². The van der Waals surface area contributed by atoms with Crippen LogP contribution >= 0.6 is 11.8 Å². The number of hydrogen-bond acceptors (Lipinski definition) is 2. The molecule has 2 rings (SSSR count). The van der Waals surface area contributed by atoms with Crippen LogP contribution in [0.2, 0.25) is 0 Å². The number of rotatable bonds is 3. The van der Waals surface area contributed by atoms with Gasteiger partial charge in [0.15, 0.2) is 0 Å². The molecule has 0 spiro atoms. The molecule has 2 heteroatoms. The first-order chi connectivity index (χ1) is 8.20. The lowest BCUT2D eigenvalue weighted by atomic mass is 10.2. The molecular weight excluding hydrogens is 226 g/mol. The third kappa shape index (κ3) is 2.90. The van der Waals surface area contributed by atoms with Crippen LogP contribution in [0.3, 0.4) is 0 Å². The summed E-state index contributed by atoms with van der Waals surface area (Å²) in [5.41, 5.74) is 9.58. The zero-order chi connectivity index (χ0) is 12.3. The average molecular weight is 243 g/mol. The number of hydrogen-bond donors (Lipinski definition) is 1. The minimum Gasteiger partial charge on any atom is -0.326 e. The van der Waals surface area contributed by atoms with E-state index in [-0.39, 0.29) is 0 Å². The molecule has 1 nitrogen and oxygen atoms in total. The predicted molar refractivity (Wildman–Crippen MR) is 74.4 cm³/mol. The molecule has 0 saturated heterocycles. The molecule has 0 unspecified atom stereocenters. The van der Waals surface area contributed by atoms with Gasteiger partial charge in [0.1, 0.15) is 0 Å². The van der Waals surface area contributed by atoms with Gasteiger partial charge in [0, 0.05) is 16.3 Å². The summed E-state index contributed by atoms with van der Waals surface area (Å²) < 4.78 is 0. The van der Waals surface area contributed by atoms with Crippen LogP contribution < -0.4 is 5.73 Å². The Morgan fingerprint density at radius 1 is 1.00 bits per heavy atom. The maximum Gasteiger partial charge on any atom is 0.0189 e. The summed E-state index contributed by atoms with van der Waals surface area (Å²) in [6, 6.07) is 14.9. The van der Waals surface area contributed by atoms with Gasteiger partial charge >= 0.3 is 0 Å². The molecule has 2 aromatic carbocycles. The first-order valence-electron chi connectivity index (χ1n) is 5.74. The van der Waals surface area contributed by atoms with E-state index < -0.39 is 0 Å². The quantitative estimate of drug-likeness (QED) is 0.884. The van der Waals surface area contributed by atoms with Gasteiger partial charge in [-0.05, 0) is 37.1 Å². The van der Waals surface area contributed by atoms with Gasteiger partial charge in [-0.1, -0.05) is 47.7 Å². The van der Waals surface area contributed by atoms with Gasteiger partial charge in [-0.3, -0.25) is 0 Å². The molecule has 0 bridgehead atoms. The van der Waals surface area contributed by atoms with Crippen LogP contribution in [0.4, 0.5) is 0 Å². The molecule has 0 radical (unpaired) electrons. The lowest BCUT2D eigenvalue weighted by Crippen LogP contribution is -1.97. The fraction of sp³-hybridized carbons (Fsp3) is 0.200. The van der Waals surface area contributed by atoms with Crippen molar-refractivity contribution < 1.29 is 0 Å². The Morgan fingerprint density at radius 3 is 2.47 bits per heavy atom. The average Bonchev–Trinajstić information content (AvgIpc) is 2.33. The van der Waals surface area contributed by atoms with Crippen LogP contribution in [0.15, 0.2) is 52.3 Å². The Hall–Kier alpha value is -1.25. The van der Waals surface area contributed by atoms with Crippen molar-refractivity contribution in [3.63, 3.8) is 0 Å². The van der Waals surface area contributed by atoms with Gasteiger partial charge in [-0.2, -0.15) is 0 Å². The smallest absolute Gasteiger partial charge is 0.0189 e. The second kappa shape index (κ2) is 5.39. The van der Waals surface area contributed by atoms with E-state index in [1.54, 1.807) is 11.8 Å². The number of benzene rings is 2. The molecule has 0 aliphatic heterocycles. The van der Waals surface area contributed by atoms with Crippen molar-refractivity contribution in [1.82, 2.24) is 0 Å². The molecule has 2 N–H and O–H groups in total. The molecule has 0 atom stereocenters. The van der Waals surface area contributed by atoms with Crippen molar-refractivity contribution in [2.75, 3.05) is 0 Å². The third-order valence-electron chi connectivity index (χ3n) is 2.74. The largest absolute Gasteiger partial charge is 0.326 e. The van der Waals surface area contributed by atoms with Gasteiger partial charge in [0.25, 0.3) is 0 Å². The number of aryl methyl sites for hydroxylation is 2.